The summed E-state index contributed by atoms with van der Waals surface area (Å²) < 4.78 is 32.1. The minimum Gasteiger partial charge on any atom is -0.385 e. The van der Waals surface area contributed by atoms with Crippen LogP contribution in [0.1, 0.15) is 30.9 Å². The lowest BCUT2D eigenvalue weighted by Gasteiger charge is -2.11. The summed E-state index contributed by atoms with van der Waals surface area (Å²) in [6.07, 6.45) is 1.61. The Bertz CT molecular complexity index is 530. The lowest BCUT2D eigenvalue weighted by molar-refractivity contribution is 0.193. The summed E-state index contributed by atoms with van der Waals surface area (Å²) in [7, 11) is -1.79. The predicted molar refractivity (Wildman–Crippen MR) is 84.9 cm³/mol. The number of ether oxygens (including phenoxy) is 1. The molecule has 120 valence electrons. The number of hydrogen-bond acceptors (Lipinski definition) is 4. The number of aryl methyl sites for hydroxylation is 1. The average molecular weight is 314 g/mol. The van der Waals surface area contributed by atoms with Crippen molar-refractivity contribution in [3.05, 3.63) is 29.3 Å². The highest BCUT2D eigenvalue weighted by atomic mass is 32.2. The summed E-state index contributed by atoms with van der Waals surface area (Å²) in [6.45, 7) is 6.63. The van der Waals surface area contributed by atoms with Gasteiger partial charge in [0.15, 0.2) is 0 Å². The maximum atomic E-state index is 12.2. The first kappa shape index (κ1) is 18.1. The largest absolute Gasteiger partial charge is 0.385 e. The van der Waals surface area contributed by atoms with Crippen LogP contribution in [0.15, 0.2) is 23.1 Å². The molecule has 0 aromatic heterocycles. The van der Waals surface area contributed by atoms with Crippen LogP contribution in [-0.2, 0) is 21.3 Å². The van der Waals surface area contributed by atoms with E-state index in [0.717, 1.165) is 30.5 Å². The molecule has 0 amide bonds. The van der Waals surface area contributed by atoms with E-state index in [1.54, 1.807) is 19.2 Å². The number of methoxy groups -OCH3 is 1. The number of unbranched alkanes of at least 4 members (excludes halogenated alkanes) is 1. The number of rotatable bonds is 10. The van der Waals surface area contributed by atoms with Gasteiger partial charge < -0.3 is 10.1 Å². The molecule has 0 saturated heterocycles. The second-order valence-electron chi connectivity index (χ2n) is 4.97. The van der Waals surface area contributed by atoms with Gasteiger partial charge in [-0.1, -0.05) is 13.0 Å². The van der Waals surface area contributed by atoms with E-state index in [9.17, 15) is 8.42 Å². The van der Waals surface area contributed by atoms with Gasteiger partial charge in [0.05, 0.1) is 4.90 Å². The molecule has 0 radical (unpaired) electrons. The lowest BCUT2D eigenvalue weighted by atomic mass is 10.1. The zero-order valence-electron chi connectivity index (χ0n) is 13.1. The number of nitrogens with one attached hydrogen (secondary N) is 2. The maximum Gasteiger partial charge on any atom is 0.240 e. The number of sulfonamides is 1. The molecular formula is C15H26N2O3S. The van der Waals surface area contributed by atoms with E-state index in [0.29, 0.717) is 24.6 Å². The van der Waals surface area contributed by atoms with E-state index in [4.69, 9.17) is 4.74 Å². The Morgan fingerprint density at radius 1 is 1.24 bits per heavy atom. The zero-order valence-corrected chi connectivity index (χ0v) is 13.9. The van der Waals surface area contributed by atoms with Crippen LogP contribution < -0.4 is 10.0 Å². The SMILES string of the molecule is CCNCc1cc(S(=O)(=O)NCCCCOC)ccc1C. The van der Waals surface area contributed by atoms with Crippen molar-refractivity contribution in [2.75, 3.05) is 26.8 Å². The van der Waals surface area contributed by atoms with Crippen molar-refractivity contribution < 1.29 is 13.2 Å². The minimum atomic E-state index is -3.43. The molecule has 0 bridgehead atoms. The van der Waals surface area contributed by atoms with Crippen LogP contribution in [0.3, 0.4) is 0 Å². The summed E-state index contributed by atoms with van der Waals surface area (Å²) in [5, 5.41) is 3.22. The third kappa shape index (κ3) is 6.13. The molecular weight excluding hydrogens is 288 g/mol. The van der Waals surface area contributed by atoms with Gasteiger partial charge in [0, 0.05) is 26.8 Å². The van der Waals surface area contributed by atoms with Gasteiger partial charge >= 0.3 is 0 Å². The molecule has 0 aliphatic heterocycles. The van der Waals surface area contributed by atoms with Crippen molar-refractivity contribution in [1.82, 2.24) is 10.0 Å². The van der Waals surface area contributed by atoms with Gasteiger partial charge in [0.25, 0.3) is 0 Å². The van der Waals surface area contributed by atoms with E-state index < -0.39 is 10.0 Å². The van der Waals surface area contributed by atoms with Crippen LogP contribution in [0, 0.1) is 6.92 Å². The summed E-state index contributed by atoms with van der Waals surface area (Å²) in [5.74, 6) is 0. The molecule has 0 unspecified atom stereocenters. The molecule has 2 N–H and O–H groups in total. The fourth-order valence-corrected chi connectivity index (χ4v) is 3.05. The van der Waals surface area contributed by atoms with Crippen molar-refractivity contribution in [3.8, 4) is 0 Å². The second kappa shape index (κ2) is 9.15. The molecule has 1 rings (SSSR count). The van der Waals surface area contributed by atoms with Gasteiger partial charge in [-0.05, 0) is 49.6 Å². The first-order valence-corrected chi connectivity index (χ1v) is 8.78. The summed E-state index contributed by atoms with van der Waals surface area (Å²) in [4.78, 5) is 0.327. The average Bonchev–Trinajstić information content (AvgIpc) is 2.46. The van der Waals surface area contributed by atoms with E-state index in [-0.39, 0.29) is 0 Å². The molecule has 1 aromatic rings. The molecule has 0 aliphatic carbocycles. The van der Waals surface area contributed by atoms with Gasteiger partial charge in [0.2, 0.25) is 10.0 Å². The van der Waals surface area contributed by atoms with E-state index in [2.05, 4.69) is 10.0 Å². The highest BCUT2D eigenvalue weighted by Crippen LogP contribution is 2.15. The highest BCUT2D eigenvalue weighted by Gasteiger charge is 2.14. The molecule has 1 aromatic carbocycles. The van der Waals surface area contributed by atoms with Crippen LogP contribution >= 0.6 is 0 Å². The van der Waals surface area contributed by atoms with Gasteiger partial charge in [0.1, 0.15) is 0 Å². The predicted octanol–water partition coefficient (Wildman–Crippen LogP) is 1.81. The standard InChI is InChI=1S/C15H26N2O3S/c1-4-16-12-14-11-15(8-7-13(14)2)21(18,19)17-9-5-6-10-20-3/h7-8,11,16-17H,4-6,9-10,12H2,1-3H3. The molecule has 6 heteroatoms. The fourth-order valence-electron chi connectivity index (χ4n) is 1.93. The fraction of sp³-hybridized carbons (Fsp3) is 0.600. The lowest BCUT2D eigenvalue weighted by Crippen LogP contribution is -2.25. The van der Waals surface area contributed by atoms with Gasteiger partial charge in [-0.25, -0.2) is 13.1 Å². The highest BCUT2D eigenvalue weighted by molar-refractivity contribution is 7.89. The Labute approximate surface area is 128 Å². The monoisotopic (exact) mass is 314 g/mol. The normalized spacial score (nSPS) is 11.8. The Morgan fingerprint density at radius 3 is 2.67 bits per heavy atom. The van der Waals surface area contributed by atoms with Crippen molar-refractivity contribution in [3.63, 3.8) is 0 Å². The second-order valence-corrected chi connectivity index (χ2v) is 6.73. The Hall–Kier alpha value is -0.950. The Kier molecular flexibility index (Phi) is 7.88. The molecule has 0 spiro atoms. The molecule has 0 atom stereocenters. The Balaban J connectivity index is 2.69. The van der Waals surface area contributed by atoms with Crippen LogP contribution in [0.25, 0.3) is 0 Å². The number of benzene rings is 1. The molecule has 0 saturated carbocycles. The van der Waals surface area contributed by atoms with Gasteiger partial charge in [-0.2, -0.15) is 0 Å². The summed E-state index contributed by atoms with van der Waals surface area (Å²) >= 11 is 0. The first-order chi connectivity index (χ1) is 10.0. The van der Waals surface area contributed by atoms with Crippen molar-refractivity contribution in [2.24, 2.45) is 0 Å². The zero-order chi connectivity index (χ0) is 15.7. The summed E-state index contributed by atoms with van der Waals surface area (Å²) in [5.41, 5.74) is 2.11. The van der Waals surface area contributed by atoms with Crippen molar-refractivity contribution in [1.29, 1.82) is 0 Å². The minimum absolute atomic E-state index is 0.327. The van der Waals surface area contributed by atoms with Gasteiger partial charge in [-0.3, -0.25) is 0 Å². The third-order valence-electron chi connectivity index (χ3n) is 3.26. The van der Waals surface area contributed by atoms with Crippen molar-refractivity contribution >= 4 is 10.0 Å². The van der Waals surface area contributed by atoms with Gasteiger partial charge in [-0.15, -0.1) is 0 Å². The molecule has 0 heterocycles. The number of hydrogen-bond donors (Lipinski definition) is 2. The van der Waals surface area contributed by atoms with Crippen LogP contribution in [0.4, 0.5) is 0 Å². The molecule has 0 aliphatic rings. The van der Waals surface area contributed by atoms with Crippen molar-refractivity contribution in [2.45, 2.75) is 38.1 Å². The first-order valence-electron chi connectivity index (χ1n) is 7.30. The Morgan fingerprint density at radius 2 is 2.00 bits per heavy atom. The third-order valence-corrected chi connectivity index (χ3v) is 4.72. The quantitative estimate of drug-likeness (QED) is 0.646. The smallest absolute Gasteiger partial charge is 0.240 e. The molecule has 5 nitrogen and oxygen atoms in total. The molecule has 0 fully saturated rings. The topological polar surface area (TPSA) is 67.4 Å². The van der Waals surface area contributed by atoms with Crippen LogP contribution in [0.2, 0.25) is 0 Å². The van der Waals surface area contributed by atoms with Crippen LogP contribution in [-0.4, -0.2) is 35.2 Å². The summed E-state index contributed by atoms with van der Waals surface area (Å²) in [6, 6.07) is 5.25. The maximum absolute atomic E-state index is 12.2. The van der Waals surface area contributed by atoms with Crippen LogP contribution in [0.5, 0.6) is 0 Å². The van der Waals surface area contributed by atoms with E-state index in [1.807, 2.05) is 19.9 Å². The molecule has 21 heavy (non-hydrogen) atoms. The van der Waals surface area contributed by atoms with E-state index in [1.165, 1.54) is 0 Å². The van der Waals surface area contributed by atoms with E-state index >= 15 is 0 Å².